The summed E-state index contributed by atoms with van der Waals surface area (Å²) >= 11 is 8.14. The molecule has 0 radical (unpaired) electrons. The number of benzene rings is 1. The van der Waals surface area contributed by atoms with E-state index in [-0.39, 0.29) is 0 Å². The Kier molecular flexibility index (Phi) is 3.39. The number of rotatable bonds is 2. The van der Waals surface area contributed by atoms with E-state index in [1.807, 2.05) is 36.0 Å². The number of nitrogens with zero attached hydrogens (tertiary/aromatic N) is 4. The Labute approximate surface area is 142 Å². The highest BCUT2D eigenvalue weighted by molar-refractivity contribution is 7.19. The third-order valence-electron chi connectivity index (χ3n) is 3.68. The predicted octanol–water partition coefficient (Wildman–Crippen LogP) is 4.72. The van der Waals surface area contributed by atoms with Crippen LogP contribution in [0.5, 0.6) is 0 Å². The number of hydrogen-bond acceptors (Lipinski definition) is 4. The molecule has 4 aromatic rings. The standard InChI is InChI=1S/C17H13ClN4S/c1-10-13(11-6-4-3-5-7-11)14-15(18)20-16(21-17(14)23-10)12-8-22(2)9-19-12/h3-9H,1-2H3. The number of aryl methyl sites for hydroxylation is 2. The van der Waals surface area contributed by atoms with Gasteiger partial charge in [-0.25, -0.2) is 15.0 Å². The first kappa shape index (κ1) is 14.4. The van der Waals surface area contributed by atoms with Crippen molar-refractivity contribution in [1.29, 1.82) is 0 Å². The van der Waals surface area contributed by atoms with Crippen molar-refractivity contribution < 1.29 is 0 Å². The fourth-order valence-electron chi connectivity index (χ4n) is 2.67. The minimum Gasteiger partial charge on any atom is -0.340 e. The summed E-state index contributed by atoms with van der Waals surface area (Å²) in [5.41, 5.74) is 2.97. The van der Waals surface area contributed by atoms with E-state index in [9.17, 15) is 0 Å². The zero-order valence-electron chi connectivity index (χ0n) is 12.6. The fourth-order valence-corrected chi connectivity index (χ4v) is 4.03. The Hall–Kier alpha value is -2.24. The van der Waals surface area contributed by atoms with Crippen LogP contribution in [-0.4, -0.2) is 19.5 Å². The summed E-state index contributed by atoms with van der Waals surface area (Å²) in [6.07, 6.45) is 3.61. The van der Waals surface area contributed by atoms with Crippen molar-refractivity contribution in [2.45, 2.75) is 6.92 Å². The predicted molar refractivity (Wildman–Crippen MR) is 94.8 cm³/mol. The number of thiophene rings is 1. The summed E-state index contributed by atoms with van der Waals surface area (Å²) in [4.78, 5) is 15.5. The average molecular weight is 341 g/mol. The summed E-state index contributed by atoms with van der Waals surface area (Å²) in [5, 5.41) is 1.39. The van der Waals surface area contributed by atoms with E-state index in [1.165, 1.54) is 4.88 Å². The van der Waals surface area contributed by atoms with Crippen LogP contribution in [-0.2, 0) is 7.05 Å². The van der Waals surface area contributed by atoms with Crippen molar-refractivity contribution in [3.63, 3.8) is 0 Å². The van der Waals surface area contributed by atoms with Crippen LogP contribution in [0, 0.1) is 6.92 Å². The maximum absolute atomic E-state index is 6.51. The summed E-state index contributed by atoms with van der Waals surface area (Å²) in [6, 6.07) is 10.2. The zero-order valence-corrected chi connectivity index (χ0v) is 14.2. The second-order valence-corrected chi connectivity index (χ2v) is 6.90. The molecule has 0 spiro atoms. The van der Waals surface area contributed by atoms with Crippen molar-refractivity contribution >= 4 is 33.2 Å². The molecule has 114 valence electrons. The number of hydrogen-bond donors (Lipinski definition) is 0. The molecule has 3 heterocycles. The summed E-state index contributed by atoms with van der Waals surface area (Å²) < 4.78 is 1.87. The van der Waals surface area contributed by atoms with Crippen LogP contribution in [0.15, 0.2) is 42.9 Å². The van der Waals surface area contributed by atoms with Crippen LogP contribution in [0.2, 0.25) is 5.15 Å². The van der Waals surface area contributed by atoms with Crippen LogP contribution in [0.3, 0.4) is 0 Å². The van der Waals surface area contributed by atoms with Gasteiger partial charge in [-0.05, 0) is 12.5 Å². The molecule has 0 unspecified atom stereocenters. The number of fused-ring (bicyclic) bond motifs is 1. The zero-order chi connectivity index (χ0) is 16.0. The lowest BCUT2D eigenvalue weighted by atomic mass is 10.0. The second-order valence-electron chi connectivity index (χ2n) is 5.34. The van der Waals surface area contributed by atoms with Gasteiger partial charge in [0, 0.05) is 23.7 Å². The number of aromatic nitrogens is 4. The molecule has 0 bridgehead atoms. The van der Waals surface area contributed by atoms with Gasteiger partial charge in [-0.3, -0.25) is 0 Å². The van der Waals surface area contributed by atoms with Gasteiger partial charge in [0.2, 0.25) is 0 Å². The molecule has 0 N–H and O–H groups in total. The third-order valence-corrected chi connectivity index (χ3v) is 4.95. The topological polar surface area (TPSA) is 43.6 Å². The SMILES string of the molecule is Cc1sc2nc(-c3cn(C)cn3)nc(Cl)c2c1-c1ccccc1. The minimum absolute atomic E-state index is 0.471. The molecule has 0 aliphatic heterocycles. The van der Waals surface area contributed by atoms with Crippen molar-refractivity contribution in [1.82, 2.24) is 19.5 Å². The summed E-state index contributed by atoms with van der Waals surface area (Å²) in [5.74, 6) is 0.559. The van der Waals surface area contributed by atoms with E-state index >= 15 is 0 Å². The molecule has 0 saturated carbocycles. The van der Waals surface area contributed by atoms with Gasteiger partial charge in [-0.2, -0.15) is 0 Å². The van der Waals surface area contributed by atoms with Gasteiger partial charge in [0.15, 0.2) is 5.82 Å². The molecule has 4 nitrogen and oxygen atoms in total. The molecule has 0 aliphatic rings. The molecule has 0 saturated heterocycles. The van der Waals surface area contributed by atoms with Crippen LogP contribution in [0.25, 0.3) is 32.9 Å². The lowest BCUT2D eigenvalue weighted by Crippen LogP contribution is -1.91. The average Bonchev–Trinajstić information content (AvgIpc) is 3.11. The molecule has 0 amide bonds. The Balaban J connectivity index is 1.97. The quantitative estimate of drug-likeness (QED) is 0.496. The smallest absolute Gasteiger partial charge is 0.182 e. The molecule has 4 rings (SSSR count). The monoisotopic (exact) mass is 340 g/mol. The molecular weight excluding hydrogens is 328 g/mol. The summed E-state index contributed by atoms with van der Waals surface area (Å²) in [7, 11) is 1.92. The maximum Gasteiger partial charge on any atom is 0.182 e. The van der Waals surface area contributed by atoms with Gasteiger partial charge in [0.1, 0.15) is 15.7 Å². The van der Waals surface area contributed by atoms with Gasteiger partial charge in [0.05, 0.1) is 11.7 Å². The van der Waals surface area contributed by atoms with Gasteiger partial charge in [0.25, 0.3) is 0 Å². The Bertz CT molecular complexity index is 1000. The first-order valence-electron chi connectivity index (χ1n) is 7.14. The molecule has 23 heavy (non-hydrogen) atoms. The molecular formula is C17H13ClN4S. The summed E-state index contributed by atoms with van der Waals surface area (Å²) in [6.45, 7) is 2.09. The Morgan fingerprint density at radius 2 is 1.91 bits per heavy atom. The van der Waals surface area contributed by atoms with E-state index in [0.29, 0.717) is 11.0 Å². The molecule has 6 heteroatoms. The normalized spacial score (nSPS) is 11.3. The highest BCUT2D eigenvalue weighted by atomic mass is 35.5. The highest BCUT2D eigenvalue weighted by Crippen LogP contribution is 2.40. The van der Waals surface area contributed by atoms with Gasteiger partial charge in [-0.15, -0.1) is 11.3 Å². The molecule has 0 fully saturated rings. The Morgan fingerprint density at radius 1 is 1.13 bits per heavy atom. The molecule has 3 aromatic heterocycles. The van der Waals surface area contributed by atoms with E-state index in [4.69, 9.17) is 11.6 Å². The largest absolute Gasteiger partial charge is 0.340 e. The van der Waals surface area contributed by atoms with Crippen molar-refractivity contribution in [2.24, 2.45) is 7.05 Å². The number of imidazole rings is 1. The van der Waals surface area contributed by atoms with Crippen LogP contribution < -0.4 is 0 Å². The molecule has 0 atom stereocenters. The van der Waals surface area contributed by atoms with Gasteiger partial charge in [-0.1, -0.05) is 41.9 Å². The molecule has 1 aromatic carbocycles. The highest BCUT2D eigenvalue weighted by Gasteiger charge is 2.18. The molecule has 0 aliphatic carbocycles. The van der Waals surface area contributed by atoms with E-state index in [1.54, 1.807) is 17.7 Å². The van der Waals surface area contributed by atoms with Crippen molar-refractivity contribution in [2.75, 3.05) is 0 Å². The van der Waals surface area contributed by atoms with Crippen LogP contribution in [0.4, 0.5) is 0 Å². The number of halogens is 1. The third kappa shape index (κ3) is 2.42. The minimum atomic E-state index is 0.471. The first-order chi connectivity index (χ1) is 11.1. The lowest BCUT2D eigenvalue weighted by molar-refractivity contribution is 0.913. The van der Waals surface area contributed by atoms with Crippen molar-refractivity contribution in [3.05, 3.63) is 52.9 Å². The fraction of sp³-hybridized carbons (Fsp3) is 0.118. The van der Waals surface area contributed by atoms with E-state index < -0.39 is 0 Å². The van der Waals surface area contributed by atoms with Gasteiger partial charge >= 0.3 is 0 Å². The van der Waals surface area contributed by atoms with E-state index in [2.05, 4.69) is 34.0 Å². The lowest BCUT2D eigenvalue weighted by Gasteiger charge is -2.03. The van der Waals surface area contributed by atoms with Gasteiger partial charge < -0.3 is 4.57 Å². The Morgan fingerprint density at radius 3 is 2.61 bits per heavy atom. The van der Waals surface area contributed by atoms with Crippen molar-refractivity contribution in [3.8, 4) is 22.6 Å². The van der Waals surface area contributed by atoms with E-state index in [0.717, 1.165) is 27.0 Å². The van der Waals surface area contributed by atoms with Crippen LogP contribution >= 0.6 is 22.9 Å². The first-order valence-corrected chi connectivity index (χ1v) is 8.33. The van der Waals surface area contributed by atoms with Crippen LogP contribution in [0.1, 0.15) is 4.88 Å². The second kappa shape index (κ2) is 5.44. The maximum atomic E-state index is 6.51.